The van der Waals surface area contributed by atoms with E-state index >= 15 is 0 Å². The Labute approximate surface area is 160 Å². The maximum absolute atomic E-state index is 12.3. The Balaban J connectivity index is 1.58. The van der Waals surface area contributed by atoms with Gasteiger partial charge in [-0.3, -0.25) is 4.79 Å². The fraction of sp³-hybridized carbons (Fsp3) is 0.550. The third kappa shape index (κ3) is 4.67. The molecule has 1 heterocycles. The van der Waals surface area contributed by atoms with E-state index in [4.69, 9.17) is 0 Å². The van der Waals surface area contributed by atoms with E-state index < -0.39 is 0 Å². The first-order chi connectivity index (χ1) is 12.7. The number of hydrogen-bond donors (Lipinski definition) is 1. The Morgan fingerprint density at radius 1 is 1.15 bits per heavy atom. The summed E-state index contributed by atoms with van der Waals surface area (Å²) in [4.78, 5) is 12.3. The lowest BCUT2D eigenvalue weighted by atomic mass is 9.89. The predicted octanol–water partition coefficient (Wildman–Crippen LogP) is 4.64. The Kier molecular flexibility index (Phi) is 6.72. The number of amides is 1. The van der Waals surface area contributed by atoms with Gasteiger partial charge < -0.3 is 9.88 Å². The highest BCUT2D eigenvalue weighted by atomic mass is 32.2. The summed E-state index contributed by atoms with van der Waals surface area (Å²) in [7, 11) is 0. The van der Waals surface area contributed by atoms with Crippen LogP contribution in [0.1, 0.15) is 63.3 Å². The minimum atomic E-state index is -0.0101. The van der Waals surface area contributed by atoms with E-state index in [1.54, 1.807) is 0 Å². The summed E-state index contributed by atoms with van der Waals surface area (Å²) in [5, 5.41) is 12.6. The summed E-state index contributed by atoms with van der Waals surface area (Å²) in [6, 6.07) is 8.01. The van der Waals surface area contributed by atoms with E-state index in [1.165, 1.54) is 49.4 Å². The van der Waals surface area contributed by atoms with Gasteiger partial charge in [-0.2, -0.15) is 0 Å². The highest BCUT2D eigenvalue weighted by Crippen LogP contribution is 2.33. The SMILES string of the molecule is CCc1ccc(NC(=O)CSc2nnc(C3CCCCC3)n2CC)cc1. The molecule has 0 saturated heterocycles. The second kappa shape index (κ2) is 9.21. The molecule has 0 aliphatic heterocycles. The molecule has 1 fully saturated rings. The average Bonchev–Trinajstić information content (AvgIpc) is 3.10. The third-order valence-corrected chi connectivity index (χ3v) is 5.98. The van der Waals surface area contributed by atoms with E-state index in [0.29, 0.717) is 11.7 Å². The van der Waals surface area contributed by atoms with Crippen molar-refractivity contribution in [2.75, 3.05) is 11.1 Å². The zero-order valence-electron chi connectivity index (χ0n) is 15.7. The van der Waals surface area contributed by atoms with E-state index in [9.17, 15) is 4.79 Å². The van der Waals surface area contributed by atoms with Crippen LogP contribution in [0.2, 0.25) is 0 Å². The number of thioether (sulfide) groups is 1. The molecule has 140 valence electrons. The van der Waals surface area contributed by atoms with Crippen LogP contribution in [0.15, 0.2) is 29.4 Å². The summed E-state index contributed by atoms with van der Waals surface area (Å²) in [5.74, 6) is 1.96. The molecule has 5 nitrogen and oxygen atoms in total. The minimum Gasteiger partial charge on any atom is -0.325 e. The number of carbonyl (C=O) groups is 1. The Morgan fingerprint density at radius 3 is 2.54 bits per heavy atom. The van der Waals surface area contributed by atoms with E-state index in [1.807, 2.05) is 24.3 Å². The maximum atomic E-state index is 12.3. The first-order valence-corrected chi connectivity index (χ1v) is 10.6. The van der Waals surface area contributed by atoms with E-state index in [0.717, 1.165) is 29.6 Å². The number of anilines is 1. The number of carbonyl (C=O) groups excluding carboxylic acids is 1. The molecule has 0 spiro atoms. The van der Waals surface area contributed by atoms with E-state index in [-0.39, 0.29) is 5.91 Å². The topological polar surface area (TPSA) is 59.8 Å². The quantitative estimate of drug-likeness (QED) is 0.719. The zero-order valence-corrected chi connectivity index (χ0v) is 16.5. The standard InChI is InChI=1S/C20H28N4OS/c1-3-15-10-12-17(13-11-15)21-18(25)14-26-20-23-22-19(24(20)4-2)16-8-6-5-7-9-16/h10-13,16H,3-9,14H2,1-2H3,(H,21,25). The van der Waals surface area contributed by atoms with Crippen molar-refractivity contribution in [1.29, 1.82) is 0 Å². The van der Waals surface area contributed by atoms with Gasteiger partial charge in [-0.25, -0.2) is 0 Å². The number of aromatic nitrogens is 3. The molecular weight excluding hydrogens is 344 g/mol. The summed E-state index contributed by atoms with van der Waals surface area (Å²) in [6.45, 7) is 5.09. The van der Waals surface area contributed by atoms with Crippen LogP contribution >= 0.6 is 11.8 Å². The molecular formula is C20H28N4OS. The largest absolute Gasteiger partial charge is 0.325 e. The van der Waals surface area contributed by atoms with Gasteiger partial charge in [0.25, 0.3) is 0 Å². The van der Waals surface area contributed by atoms with Crippen molar-refractivity contribution in [3.8, 4) is 0 Å². The van der Waals surface area contributed by atoms with Gasteiger partial charge in [0.1, 0.15) is 5.82 Å². The molecule has 1 aromatic carbocycles. The summed E-state index contributed by atoms with van der Waals surface area (Å²) < 4.78 is 2.18. The lowest BCUT2D eigenvalue weighted by Gasteiger charge is -2.21. The lowest BCUT2D eigenvalue weighted by Crippen LogP contribution is -2.15. The first kappa shape index (κ1) is 19.0. The molecule has 1 amide bonds. The molecule has 2 aromatic rings. The highest BCUT2D eigenvalue weighted by Gasteiger charge is 2.23. The van der Waals surface area contributed by atoms with Crippen molar-refractivity contribution in [3.63, 3.8) is 0 Å². The molecule has 1 saturated carbocycles. The van der Waals surface area contributed by atoms with Crippen LogP contribution in [-0.2, 0) is 17.8 Å². The van der Waals surface area contributed by atoms with Gasteiger partial charge in [0.05, 0.1) is 5.75 Å². The maximum Gasteiger partial charge on any atom is 0.234 e. The molecule has 0 bridgehead atoms. The van der Waals surface area contributed by atoms with Crippen LogP contribution < -0.4 is 5.32 Å². The number of hydrogen-bond acceptors (Lipinski definition) is 4. The summed E-state index contributed by atoms with van der Waals surface area (Å²) in [6.07, 6.45) is 7.30. The van der Waals surface area contributed by atoms with Crippen molar-refractivity contribution in [1.82, 2.24) is 14.8 Å². The Bertz CT molecular complexity index is 720. The minimum absolute atomic E-state index is 0.0101. The number of rotatable bonds is 7. The van der Waals surface area contributed by atoms with Gasteiger partial charge in [0, 0.05) is 18.2 Å². The van der Waals surface area contributed by atoms with Crippen molar-refractivity contribution in [3.05, 3.63) is 35.7 Å². The lowest BCUT2D eigenvalue weighted by molar-refractivity contribution is -0.113. The van der Waals surface area contributed by atoms with Crippen molar-refractivity contribution < 1.29 is 4.79 Å². The third-order valence-electron chi connectivity index (χ3n) is 5.01. The molecule has 3 rings (SSSR count). The highest BCUT2D eigenvalue weighted by molar-refractivity contribution is 7.99. The summed E-state index contributed by atoms with van der Waals surface area (Å²) >= 11 is 1.47. The van der Waals surface area contributed by atoms with Crippen molar-refractivity contribution in [2.45, 2.75) is 70.0 Å². The predicted molar refractivity (Wildman–Crippen MR) is 107 cm³/mol. The fourth-order valence-electron chi connectivity index (χ4n) is 3.52. The molecule has 1 N–H and O–H groups in total. The fourth-order valence-corrected chi connectivity index (χ4v) is 4.33. The van der Waals surface area contributed by atoms with Gasteiger partial charge in [0.2, 0.25) is 5.91 Å². The van der Waals surface area contributed by atoms with Crippen molar-refractivity contribution in [2.24, 2.45) is 0 Å². The van der Waals surface area contributed by atoms with E-state index in [2.05, 4.69) is 33.9 Å². The molecule has 1 aliphatic carbocycles. The Morgan fingerprint density at radius 2 is 1.88 bits per heavy atom. The van der Waals surface area contributed by atoms with Gasteiger partial charge in [0.15, 0.2) is 5.16 Å². The van der Waals surface area contributed by atoms with Gasteiger partial charge >= 0.3 is 0 Å². The molecule has 1 aromatic heterocycles. The molecule has 0 unspecified atom stereocenters. The smallest absolute Gasteiger partial charge is 0.234 e. The van der Waals surface area contributed by atoms with Crippen LogP contribution in [0.5, 0.6) is 0 Å². The second-order valence-electron chi connectivity index (χ2n) is 6.81. The zero-order chi connectivity index (χ0) is 18.4. The molecule has 1 aliphatic rings. The summed E-state index contributed by atoms with van der Waals surface area (Å²) in [5.41, 5.74) is 2.11. The normalized spacial score (nSPS) is 15.2. The van der Waals surface area contributed by atoms with Gasteiger partial charge in [-0.15, -0.1) is 10.2 Å². The van der Waals surface area contributed by atoms with Crippen LogP contribution in [-0.4, -0.2) is 26.4 Å². The van der Waals surface area contributed by atoms with Gasteiger partial charge in [-0.1, -0.05) is 50.1 Å². The Hall–Kier alpha value is -1.82. The molecule has 0 radical (unpaired) electrons. The molecule has 6 heteroatoms. The number of aryl methyl sites for hydroxylation is 1. The van der Waals surface area contributed by atoms with Gasteiger partial charge in [-0.05, 0) is 43.9 Å². The van der Waals surface area contributed by atoms with Crippen LogP contribution in [0.25, 0.3) is 0 Å². The monoisotopic (exact) mass is 372 g/mol. The first-order valence-electron chi connectivity index (χ1n) is 9.66. The molecule has 0 atom stereocenters. The number of benzene rings is 1. The van der Waals surface area contributed by atoms with Crippen LogP contribution in [0.3, 0.4) is 0 Å². The van der Waals surface area contributed by atoms with Crippen LogP contribution in [0.4, 0.5) is 5.69 Å². The molecule has 26 heavy (non-hydrogen) atoms. The number of nitrogens with zero attached hydrogens (tertiary/aromatic N) is 3. The average molecular weight is 373 g/mol. The van der Waals surface area contributed by atoms with Crippen molar-refractivity contribution >= 4 is 23.4 Å². The number of nitrogens with one attached hydrogen (secondary N) is 1. The second-order valence-corrected chi connectivity index (χ2v) is 7.75. The van der Waals surface area contributed by atoms with Crippen LogP contribution in [0, 0.1) is 0 Å².